The van der Waals surface area contributed by atoms with Gasteiger partial charge in [0.05, 0.1) is 0 Å². The second kappa shape index (κ2) is 18.1. The van der Waals surface area contributed by atoms with E-state index in [4.69, 9.17) is 37.3 Å². The van der Waals surface area contributed by atoms with Crippen molar-refractivity contribution >= 4 is 0 Å². The van der Waals surface area contributed by atoms with E-state index in [0.717, 1.165) is 52.4 Å². The molecule has 4 N–H and O–H groups in total. The van der Waals surface area contributed by atoms with Gasteiger partial charge >= 0.3 is 17.1 Å². The molecule has 1 aliphatic rings. The monoisotopic (exact) mass is 485 g/mol. The van der Waals surface area contributed by atoms with Gasteiger partial charge in [-0.25, -0.2) is 37.3 Å². The van der Waals surface area contributed by atoms with E-state index < -0.39 is 20.5 Å². The fraction of sp³-hybridized carbons (Fsp3) is 0.667. The van der Waals surface area contributed by atoms with Crippen LogP contribution in [0.5, 0.6) is 0 Å². The normalized spacial score (nSPS) is 17.9. The van der Waals surface area contributed by atoms with Crippen LogP contribution in [0.3, 0.4) is 0 Å². The predicted molar refractivity (Wildman–Crippen MR) is 69.8 cm³/mol. The molecule has 1 rings (SSSR count). The molecule has 15 heteroatoms. The number of hydrogen-bond acceptors (Lipinski definition) is 12. The zero-order valence-electron chi connectivity index (χ0n) is 14.4. The summed E-state index contributed by atoms with van der Waals surface area (Å²) >= 11 is 0. The van der Waals surface area contributed by atoms with Gasteiger partial charge in [-0.05, 0) is 11.1 Å². The van der Waals surface area contributed by atoms with Gasteiger partial charge < -0.3 is 21.3 Å². The van der Waals surface area contributed by atoms with Gasteiger partial charge in [0.15, 0.2) is 0 Å². The van der Waals surface area contributed by atoms with Crippen molar-refractivity contribution in [3.05, 3.63) is 24.3 Å². The molecule has 1 radical (unpaired) electrons. The maximum atomic E-state index is 8.49. The molecule has 0 amide bonds. The molecule has 0 aromatic heterocycles. The van der Waals surface area contributed by atoms with E-state index >= 15 is 0 Å². The molecule has 0 aromatic carbocycles. The van der Waals surface area contributed by atoms with Gasteiger partial charge in [-0.3, -0.25) is 0 Å². The summed E-state index contributed by atoms with van der Waals surface area (Å²) in [4.78, 5) is 0. The Kier molecular flexibility index (Phi) is 21.4. The molecule has 0 unspecified atom stereocenters. The standard InChI is InChI=1S/C12H24N4.2ClHO4.Cu/c1-11-7-13-3-5-15-9-12(2)10-16-6-4-14-8-11;2*2-1(3,4)5;/h13-16H,1-10H2;2*(H,2,3,4,5);/q;;;+2/p-2. The van der Waals surface area contributed by atoms with Gasteiger partial charge in [-0.1, -0.05) is 13.2 Å². The first kappa shape index (κ1) is 31.8. The molecule has 1 heterocycles. The summed E-state index contributed by atoms with van der Waals surface area (Å²) in [6.45, 7) is 15.5. The molecule has 1 saturated heterocycles. The molecule has 12 nitrogen and oxygen atoms in total. The minimum atomic E-state index is -4.94. The van der Waals surface area contributed by atoms with Crippen molar-refractivity contribution in [1.82, 2.24) is 21.3 Å². The average Bonchev–Trinajstić information content (AvgIpc) is 2.42. The van der Waals surface area contributed by atoms with Gasteiger partial charge in [0.2, 0.25) is 0 Å². The van der Waals surface area contributed by atoms with Crippen LogP contribution in [0.2, 0.25) is 0 Å². The third-order valence-electron chi connectivity index (χ3n) is 2.46. The Labute approximate surface area is 172 Å². The maximum absolute atomic E-state index is 8.49. The fourth-order valence-electron chi connectivity index (χ4n) is 1.54. The molecule has 1 aliphatic heterocycles. The van der Waals surface area contributed by atoms with E-state index in [1.165, 1.54) is 11.1 Å². The first-order valence-electron chi connectivity index (χ1n) is 7.18. The average molecular weight is 487 g/mol. The summed E-state index contributed by atoms with van der Waals surface area (Å²) in [5.41, 5.74) is 2.42. The molecule has 0 saturated carbocycles. The van der Waals surface area contributed by atoms with E-state index in [1.807, 2.05) is 0 Å². The van der Waals surface area contributed by atoms with Crippen LogP contribution in [0.25, 0.3) is 0 Å². The Morgan fingerprint density at radius 2 is 0.667 bits per heavy atom. The van der Waals surface area contributed by atoms with Crippen molar-refractivity contribution in [2.24, 2.45) is 0 Å². The van der Waals surface area contributed by atoms with Crippen LogP contribution in [-0.4, -0.2) is 52.4 Å². The zero-order valence-corrected chi connectivity index (χ0v) is 16.8. The molecule has 0 aromatic rings. The van der Waals surface area contributed by atoms with Gasteiger partial charge in [0, 0.05) is 52.4 Å². The molecule has 165 valence electrons. The quantitative estimate of drug-likeness (QED) is 0.184. The van der Waals surface area contributed by atoms with Gasteiger partial charge in [-0.15, -0.1) is 20.5 Å². The summed E-state index contributed by atoms with van der Waals surface area (Å²) in [5.74, 6) is 0. The Balaban J connectivity index is -0.000000436. The molecular weight excluding hydrogens is 463 g/mol. The molecule has 0 bridgehead atoms. The van der Waals surface area contributed by atoms with Crippen molar-refractivity contribution in [1.29, 1.82) is 0 Å². The van der Waals surface area contributed by atoms with E-state index in [1.54, 1.807) is 0 Å². The molecule has 0 atom stereocenters. The van der Waals surface area contributed by atoms with E-state index in [2.05, 4.69) is 34.4 Å². The Hall–Kier alpha value is 0.0995. The summed E-state index contributed by atoms with van der Waals surface area (Å²) in [6, 6.07) is 0. The van der Waals surface area contributed by atoms with Crippen molar-refractivity contribution in [3.63, 3.8) is 0 Å². The van der Waals surface area contributed by atoms with Crippen molar-refractivity contribution in [2.45, 2.75) is 0 Å². The van der Waals surface area contributed by atoms with Crippen molar-refractivity contribution in [3.8, 4) is 0 Å². The zero-order chi connectivity index (χ0) is 20.6. The third kappa shape index (κ3) is 46.3. The Bertz CT molecular complexity index is 329. The second-order valence-electron chi connectivity index (χ2n) is 4.96. The topological polar surface area (TPSA) is 233 Å². The van der Waals surface area contributed by atoms with Crippen LogP contribution in [0.15, 0.2) is 24.3 Å². The Morgan fingerprint density at radius 3 is 0.815 bits per heavy atom. The molecule has 1 fully saturated rings. The minimum Gasteiger partial charge on any atom is -0.312 e. The van der Waals surface area contributed by atoms with Crippen LogP contribution in [0, 0.1) is 20.5 Å². The van der Waals surface area contributed by atoms with E-state index in [0.29, 0.717) is 0 Å². The summed E-state index contributed by atoms with van der Waals surface area (Å²) in [6.07, 6.45) is 0. The maximum Gasteiger partial charge on any atom is 2.00 e. The molecule has 0 spiro atoms. The van der Waals surface area contributed by atoms with Gasteiger partial charge in [0.25, 0.3) is 0 Å². The van der Waals surface area contributed by atoms with Gasteiger partial charge in [0.1, 0.15) is 0 Å². The van der Waals surface area contributed by atoms with E-state index in [-0.39, 0.29) is 17.1 Å². The smallest absolute Gasteiger partial charge is 0.312 e. The number of nitrogens with one attached hydrogen (secondary N) is 4. The van der Waals surface area contributed by atoms with Gasteiger partial charge in [-0.2, -0.15) is 0 Å². The fourth-order valence-corrected chi connectivity index (χ4v) is 1.54. The van der Waals surface area contributed by atoms with Crippen LogP contribution in [-0.2, 0) is 17.1 Å². The second-order valence-corrected chi connectivity index (χ2v) is 6.47. The van der Waals surface area contributed by atoms with Crippen LogP contribution >= 0.6 is 0 Å². The largest absolute Gasteiger partial charge is 2.00 e. The third-order valence-corrected chi connectivity index (χ3v) is 2.46. The minimum absolute atomic E-state index is 0. The number of rotatable bonds is 0. The first-order chi connectivity index (χ1) is 11.8. The van der Waals surface area contributed by atoms with E-state index in [9.17, 15) is 0 Å². The van der Waals surface area contributed by atoms with Crippen LogP contribution < -0.4 is 58.5 Å². The van der Waals surface area contributed by atoms with Crippen molar-refractivity contribution in [2.75, 3.05) is 52.4 Å². The summed E-state index contributed by atoms with van der Waals surface area (Å²) in [5, 5.41) is 13.4. The molecule has 27 heavy (non-hydrogen) atoms. The summed E-state index contributed by atoms with van der Waals surface area (Å²) < 4.78 is 67.9. The number of hydrogen-bond donors (Lipinski definition) is 4. The Morgan fingerprint density at radius 1 is 0.519 bits per heavy atom. The first-order valence-corrected chi connectivity index (χ1v) is 9.65. The molecular formula is C12H24Cl2CuN4O8. The van der Waals surface area contributed by atoms with Crippen LogP contribution in [0.1, 0.15) is 0 Å². The predicted octanol–water partition coefficient (Wildman–Crippen LogP) is -10.0. The van der Waals surface area contributed by atoms with Crippen LogP contribution in [0.4, 0.5) is 0 Å². The SMILES string of the molecule is C=C1CNCCNCC(=C)CNCCNC1.[Cu+2].[O-][Cl+3]([O-])([O-])[O-].[O-][Cl+3]([O-])([O-])[O-]. The van der Waals surface area contributed by atoms with Crippen molar-refractivity contribution < 1.29 is 74.8 Å². The summed E-state index contributed by atoms with van der Waals surface area (Å²) in [7, 11) is -9.89. The molecule has 0 aliphatic carbocycles. The number of halogens is 2.